The van der Waals surface area contributed by atoms with Crippen molar-refractivity contribution >= 4 is 29.3 Å². The predicted octanol–water partition coefficient (Wildman–Crippen LogP) is 4.05. The average Bonchev–Trinajstić information content (AvgIpc) is 3.40. The zero-order valence-electron chi connectivity index (χ0n) is 17.4. The lowest BCUT2D eigenvalue weighted by Gasteiger charge is -2.23. The van der Waals surface area contributed by atoms with Crippen molar-refractivity contribution in [2.75, 3.05) is 6.54 Å². The quantitative estimate of drug-likeness (QED) is 0.464. The van der Waals surface area contributed by atoms with Crippen LogP contribution in [0.3, 0.4) is 0 Å². The number of aromatic nitrogens is 1. The van der Waals surface area contributed by atoms with Crippen LogP contribution in [0.5, 0.6) is 0 Å². The number of amides is 3. The van der Waals surface area contributed by atoms with Crippen LogP contribution >= 0.6 is 11.6 Å². The second kappa shape index (κ2) is 7.74. The number of hydrogen-bond acceptors (Lipinski definition) is 4. The van der Waals surface area contributed by atoms with Gasteiger partial charge in [-0.3, -0.25) is 14.5 Å². The summed E-state index contributed by atoms with van der Waals surface area (Å²) in [6, 6.07) is 11.7. The Hall–Kier alpha value is -3.32. The Morgan fingerprint density at radius 1 is 1.16 bits per heavy atom. The van der Waals surface area contributed by atoms with Gasteiger partial charge in [0.15, 0.2) is 5.78 Å². The van der Waals surface area contributed by atoms with Crippen molar-refractivity contribution in [3.63, 3.8) is 0 Å². The normalized spacial score (nSPS) is 18.5. The molecule has 1 aliphatic heterocycles. The highest BCUT2D eigenvalue weighted by Gasteiger charge is 2.50. The lowest BCUT2D eigenvalue weighted by molar-refractivity contribution is -0.130. The Morgan fingerprint density at radius 2 is 1.90 bits per heavy atom. The smallest absolute Gasteiger partial charge is 0.325 e. The maximum Gasteiger partial charge on any atom is 0.325 e. The number of rotatable bonds is 6. The molecule has 8 heteroatoms. The first-order valence-corrected chi connectivity index (χ1v) is 10.2. The van der Waals surface area contributed by atoms with E-state index in [1.165, 1.54) is 0 Å². The standard InChI is InChI=1S/C23H22ClN3O4/c1-14-11-17(15(2)26(14)12-16-7-6-10-31-16)20(28)13-27-21(29)23(3,25-22(27)30)18-8-4-5-9-19(18)24/h4-11H,12-13H2,1-3H3,(H,25,30). The van der Waals surface area contributed by atoms with Gasteiger partial charge >= 0.3 is 6.03 Å². The number of nitrogens with one attached hydrogen (secondary N) is 1. The van der Waals surface area contributed by atoms with Gasteiger partial charge in [0.2, 0.25) is 0 Å². The summed E-state index contributed by atoms with van der Waals surface area (Å²) in [5.74, 6) is -0.0561. The number of ketones is 1. The minimum atomic E-state index is -1.33. The number of carbonyl (C=O) groups is 3. The number of carbonyl (C=O) groups excluding carboxylic acids is 3. The number of imide groups is 1. The van der Waals surface area contributed by atoms with Gasteiger partial charge in [0, 0.05) is 27.5 Å². The van der Waals surface area contributed by atoms with Crippen molar-refractivity contribution < 1.29 is 18.8 Å². The highest BCUT2D eigenvalue weighted by atomic mass is 35.5. The van der Waals surface area contributed by atoms with Crippen LogP contribution in [0, 0.1) is 13.8 Å². The van der Waals surface area contributed by atoms with Gasteiger partial charge in [-0.05, 0) is 45.0 Å². The van der Waals surface area contributed by atoms with Crippen molar-refractivity contribution in [2.45, 2.75) is 32.9 Å². The lowest BCUT2D eigenvalue weighted by Crippen LogP contribution is -2.41. The number of benzene rings is 1. The molecule has 3 aromatic rings. The third kappa shape index (κ3) is 3.55. The Kier molecular flexibility index (Phi) is 5.23. The van der Waals surface area contributed by atoms with Gasteiger partial charge in [-0.15, -0.1) is 0 Å². The summed E-state index contributed by atoms with van der Waals surface area (Å²) in [4.78, 5) is 39.7. The number of furan rings is 1. The molecule has 0 radical (unpaired) electrons. The maximum atomic E-state index is 13.1. The van der Waals surface area contributed by atoms with Crippen LogP contribution in [0.15, 0.2) is 53.1 Å². The third-order valence-electron chi connectivity index (χ3n) is 5.76. The van der Waals surface area contributed by atoms with Gasteiger partial charge in [0.05, 0.1) is 19.4 Å². The third-order valence-corrected chi connectivity index (χ3v) is 6.09. The molecule has 0 aliphatic carbocycles. The topological polar surface area (TPSA) is 84.5 Å². The summed E-state index contributed by atoms with van der Waals surface area (Å²) < 4.78 is 7.37. The van der Waals surface area contributed by atoms with Gasteiger partial charge in [-0.1, -0.05) is 29.8 Å². The SMILES string of the molecule is Cc1cc(C(=O)CN2C(=O)NC(C)(c3ccccc3Cl)C2=O)c(C)n1Cc1ccco1. The number of nitrogens with zero attached hydrogens (tertiary/aromatic N) is 2. The summed E-state index contributed by atoms with van der Waals surface area (Å²) in [5.41, 5.74) is 1.26. The Morgan fingerprint density at radius 3 is 2.58 bits per heavy atom. The van der Waals surface area contributed by atoms with Crippen LogP contribution in [0.4, 0.5) is 4.79 Å². The number of urea groups is 1. The number of Topliss-reactive ketones (excluding diaryl/α,β-unsaturated/α-hetero) is 1. The van der Waals surface area contributed by atoms with Crippen LogP contribution in [0.1, 0.15) is 40.0 Å². The van der Waals surface area contributed by atoms with Crippen molar-refractivity contribution in [2.24, 2.45) is 0 Å². The fourth-order valence-electron chi connectivity index (χ4n) is 4.00. The van der Waals surface area contributed by atoms with Crippen molar-refractivity contribution in [1.29, 1.82) is 0 Å². The van der Waals surface area contributed by atoms with Gasteiger partial charge in [-0.2, -0.15) is 0 Å². The van der Waals surface area contributed by atoms with E-state index < -0.39 is 17.5 Å². The summed E-state index contributed by atoms with van der Waals surface area (Å²) in [7, 11) is 0. The minimum Gasteiger partial charge on any atom is -0.467 e. The van der Waals surface area contributed by atoms with E-state index in [0.717, 1.165) is 22.0 Å². The molecule has 1 N–H and O–H groups in total. The molecule has 1 saturated heterocycles. The number of aryl methyl sites for hydroxylation is 1. The summed E-state index contributed by atoms with van der Waals surface area (Å²) in [6.45, 7) is 5.47. The van der Waals surface area contributed by atoms with Crippen LogP contribution in [-0.2, 0) is 16.9 Å². The first-order chi connectivity index (χ1) is 14.7. The first-order valence-electron chi connectivity index (χ1n) is 9.84. The van der Waals surface area contributed by atoms with E-state index in [2.05, 4.69) is 5.32 Å². The first kappa shape index (κ1) is 20.9. The molecule has 7 nitrogen and oxygen atoms in total. The van der Waals surface area contributed by atoms with Crippen LogP contribution in [-0.4, -0.2) is 33.7 Å². The molecule has 1 atom stereocenters. The van der Waals surface area contributed by atoms with Crippen molar-refractivity contribution in [3.05, 3.63) is 82.0 Å². The summed E-state index contributed by atoms with van der Waals surface area (Å²) >= 11 is 6.26. The van der Waals surface area contributed by atoms with Gasteiger partial charge in [0.1, 0.15) is 11.3 Å². The van der Waals surface area contributed by atoms with Gasteiger partial charge in [-0.25, -0.2) is 4.79 Å². The van der Waals surface area contributed by atoms with E-state index in [-0.39, 0.29) is 12.3 Å². The summed E-state index contributed by atoms with van der Waals surface area (Å²) in [6.07, 6.45) is 1.60. The fraction of sp³-hybridized carbons (Fsp3) is 0.261. The van der Waals surface area contributed by atoms with E-state index in [9.17, 15) is 14.4 Å². The number of halogens is 1. The molecule has 31 heavy (non-hydrogen) atoms. The molecular formula is C23H22ClN3O4. The fourth-order valence-corrected chi connectivity index (χ4v) is 4.33. The predicted molar refractivity (Wildman–Crippen MR) is 115 cm³/mol. The Balaban J connectivity index is 1.57. The summed E-state index contributed by atoms with van der Waals surface area (Å²) in [5, 5.41) is 3.06. The molecule has 3 heterocycles. The van der Waals surface area contributed by atoms with Crippen LogP contribution in [0.25, 0.3) is 0 Å². The van der Waals surface area contributed by atoms with Gasteiger partial charge in [0.25, 0.3) is 5.91 Å². The largest absolute Gasteiger partial charge is 0.467 e. The molecule has 1 fully saturated rings. The molecule has 160 valence electrons. The van der Waals surface area contributed by atoms with E-state index in [1.54, 1.807) is 43.5 Å². The highest BCUT2D eigenvalue weighted by molar-refractivity contribution is 6.32. The molecule has 4 rings (SSSR count). The minimum absolute atomic E-state index is 0.314. The number of hydrogen-bond donors (Lipinski definition) is 1. The van der Waals surface area contributed by atoms with Gasteiger partial charge < -0.3 is 14.3 Å². The molecule has 1 aliphatic rings. The van der Waals surface area contributed by atoms with E-state index in [4.69, 9.17) is 16.0 Å². The second-order valence-corrected chi connectivity index (χ2v) is 8.21. The molecule has 0 saturated carbocycles. The zero-order valence-corrected chi connectivity index (χ0v) is 18.2. The highest BCUT2D eigenvalue weighted by Crippen LogP contribution is 2.33. The Labute approximate surface area is 184 Å². The molecule has 1 aromatic carbocycles. The molecule has 2 aromatic heterocycles. The average molecular weight is 440 g/mol. The van der Waals surface area contributed by atoms with E-state index >= 15 is 0 Å². The van der Waals surface area contributed by atoms with Crippen LogP contribution in [0.2, 0.25) is 5.02 Å². The van der Waals surface area contributed by atoms with Crippen molar-refractivity contribution in [1.82, 2.24) is 14.8 Å². The van der Waals surface area contributed by atoms with E-state index in [0.29, 0.717) is 22.7 Å². The van der Waals surface area contributed by atoms with Crippen LogP contribution < -0.4 is 5.32 Å². The molecule has 1 unspecified atom stereocenters. The molecule has 0 spiro atoms. The molecular weight excluding hydrogens is 418 g/mol. The lowest BCUT2D eigenvalue weighted by atomic mass is 9.92. The van der Waals surface area contributed by atoms with E-state index in [1.807, 2.05) is 30.5 Å². The molecule has 3 amide bonds. The molecule has 0 bridgehead atoms. The maximum absolute atomic E-state index is 13.1. The Bertz CT molecular complexity index is 1180. The monoisotopic (exact) mass is 439 g/mol. The second-order valence-electron chi connectivity index (χ2n) is 7.80. The zero-order chi connectivity index (χ0) is 22.3. The van der Waals surface area contributed by atoms with Crippen molar-refractivity contribution in [3.8, 4) is 0 Å².